The maximum absolute atomic E-state index is 12.0. The van der Waals surface area contributed by atoms with E-state index in [2.05, 4.69) is 23.3 Å². The monoisotopic (exact) mass is 370 g/mol. The number of aromatic nitrogens is 1. The van der Waals surface area contributed by atoms with Gasteiger partial charge in [-0.25, -0.2) is 9.78 Å². The minimum atomic E-state index is -0.484. The van der Waals surface area contributed by atoms with E-state index in [9.17, 15) is 4.79 Å². The Labute approximate surface area is 156 Å². The summed E-state index contributed by atoms with van der Waals surface area (Å²) in [6, 6.07) is 13.1. The molecule has 0 saturated carbocycles. The van der Waals surface area contributed by atoms with Gasteiger partial charge in [-0.15, -0.1) is 0 Å². The Kier molecular flexibility index (Phi) is 5.28. The summed E-state index contributed by atoms with van der Waals surface area (Å²) in [6.07, 6.45) is 0.905. The second-order valence-electron chi connectivity index (χ2n) is 5.73. The van der Waals surface area contributed by atoms with Crippen LogP contribution < -0.4 is 10.1 Å². The predicted molar refractivity (Wildman–Crippen MR) is 104 cm³/mol. The molecule has 1 heterocycles. The average molecular weight is 371 g/mol. The van der Waals surface area contributed by atoms with E-state index >= 15 is 0 Å². The highest BCUT2D eigenvalue weighted by Gasteiger charge is 2.13. The lowest BCUT2D eigenvalue weighted by Gasteiger charge is -2.13. The first-order chi connectivity index (χ1) is 12.5. The largest absolute Gasteiger partial charge is 0.495 e. The fourth-order valence-electron chi connectivity index (χ4n) is 2.71. The first-order valence-corrected chi connectivity index (χ1v) is 8.56. The molecule has 134 valence electrons. The Morgan fingerprint density at radius 3 is 2.62 bits per heavy atom. The van der Waals surface area contributed by atoms with Crippen molar-refractivity contribution in [2.45, 2.75) is 13.3 Å². The third-order valence-electron chi connectivity index (χ3n) is 4.11. The van der Waals surface area contributed by atoms with Gasteiger partial charge in [0.15, 0.2) is 5.69 Å². The molecule has 1 aromatic heterocycles. The van der Waals surface area contributed by atoms with Crippen molar-refractivity contribution in [2.24, 2.45) is 0 Å². The summed E-state index contributed by atoms with van der Waals surface area (Å²) in [5, 5.41) is 4.74. The minimum Gasteiger partial charge on any atom is -0.495 e. The van der Waals surface area contributed by atoms with E-state index in [0.717, 1.165) is 23.2 Å². The quantitative estimate of drug-likeness (QED) is 0.641. The number of anilines is 2. The summed E-state index contributed by atoms with van der Waals surface area (Å²) in [6.45, 7) is 2.09. The molecule has 6 heteroatoms. The predicted octanol–water partition coefficient (Wildman–Crippen LogP) is 4.99. The van der Waals surface area contributed by atoms with Crippen molar-refractivity contribution in [3.8, 4) is 5.75 Å². The molecule has 26 heavy (non-hydrogen) atoms. The van der Waals surface area contributed by atoms with Crippen LogP contribution in [-0.4, -0.2) is 25.2 Å². The highest BCUT2D eigenvalue weighted by molar-refractivity contribution is 6.32. The van der Waals surface area contributed by atoms with Gasteiger partial charge in [-0.1, -0.05) is 24.6 Å². The van der Waals surface area contributed by atoms with Crippen molar-refractivity contribution in [1.29, 1.82) is 0 Å². The topological polar surface area (TPSA) is 60.5 Å². The van der Waals surface area contributed by atoms with Gasteiger partial charge in [0, 0.05) is 11.1 Å². The number of nitrogens with zero attached hydrogens (tertiary/aromatic N) is 1. The summed E-state index contributed by atoms with van der Waals surface area (Å²) in [7, 11) is 2.91. The SMILES string of the molecule is CCc1ccc2nc(C(=O)OC)cc(Nc3ccc(OC)c(Cl)c3)c2c1. The minimum absolute atomic E-state index is 0.242. The standard InChI is InChI=1S/C20H19ClN2O3/c1-4-12-5-7-16-14(9-12)17(11-18(23-16)20(24)26-3)22-13-6-8-19(25-2)15(21)10-13/h5-11H,4H2,1-3H3,(H,22,23). The molecular formula is C20H19ClN2O3. The molecule has 0 fully saturated rings. The van der Waals surface area contributed by atoms with Crippen LogP contribution in [0.2, 0.25) is 5.02 Å². The highest BCUT2D eigenvalue weighted by Crippen LogP contribution is 2.32. The Bertz CT molecular complexity index is 973. The lowest BCUT2D eigenvalue weighted by molar-refractivity contribution is 0.0594. The van der Waals surface area contributed by atoms with Crippen LogP contribution in [0.15, 0.2) is 42.5 Å². The van der Waals surface area contributed by atoms with Crippen molar-refractivity contribution in [3.05, 3.63) is 58.7 Å². The summed E-state index contributed by atoms with van der Waals surface area (Å²) in [5.74, 6) is 0.114. The van der Waals surface area contributed by atoms with E-state index in [1.54, 1.807) is 25.3 Å². The second kappa shape index (κ2) is 7.62. The van der Waals surface area contributed by atoms with Gasteiger partial charge in [0.1, 0.15) is 5.75 Å². The Morgan fingerprint density at radius 2 is 1.96 bits per heavy atom. The molecule has 0 amide bonds. The van der Waals surface area contributed by atoms with Crippen molar-refractivity contribution in [1.82, 2.24) is 4.98 Å². The summed E-state index contributed by atoms with van der Waals surface area (Å²) in [5.41, 5.74) is 3.67. The molecule has 0 aliphatic carbocycles. The number of aryl methyl sites for hydroxylation is 1. The third-order valence-corrected chi connectivity index (χ3v) is 4.40. The van der Waals surface area contributed by atoms with Crippen LogP contribution in [0, 0.1) is 0 Å². The fourth-order valence-corrected chi connectivity index (χ4v) is 2.96. The number of rotatable bonds is 5. The van der Waals surface area contributed by atoms with Gasteiger partial charge in [0.2, 0.25) is 0 Å². The molecule has 3 aromatic rings. The van der Waals surface area contributed by atoms with Gasteiger partial charge < -0.3 is 14.8 Å². The van der Waals surface area contributed by atoms with E-state index in [1.807, 2.05) is 18.2 Å². The van der Waals surface area contributed by atoms with Crippen LogP contribution in [0.1, 0.15) is 23.0 Å². The zero-order valence-corrected chi connectivity index (χ0v) is 15.6. The summed E-state index contributed by atoms with van der Waals surface area (Å²) >= 11 is 6.21. The lowest BCUT2D eigenvalue weighted by Crippen LogP contribution is -2.06. The van der Waals surface area contributed by atoms with Gasteiger partial charge in [0.25, 0.3) is 0 Å². The Balaban J connectivity index is 2.12. The van der Waals surface area contributed by atoms with Crippen LogP contribution in [0.5, 0.6) is 5.75 Å². The second-order valence-corrected chi connectivity index (χ2v) is 6.13. The number of pyridine rings is 1. The lowest BCUT2D eigenvalue weighted by atomic mass is 10.1. The van der Waals surface area contributed by atoms with Crippen molar-refractivity contribution in [2.75, 3.05) is 19.5 Å². The van der Waals surface area contributed by atoms with Gasteiger partial charge in [-0.2, -0.15) is 0 Å². The number of halogens is 1. The zero-order valence-electron chi connectivity index (χ0n) is 14.8. The Hall–Kier alpha value is -2.79. The number of hydrogen-bond acceptors (Lipinski definition) is 5. The van der Waals surface area contributed by atoms with E-state index in [4.69, 9.17) is 21.1 Å². The molecule has 0 atom stereocenters. The number of nitrogens with one attached hydrogen (secondary N) is 1. The van der Waals surface area contributed by atoms with Crippen LogP contribution >= 0.6 is 11.6 Å². The molecule has 0 aliphatic heterocycles. The van der Waals surface area contributed by atoms with Crippen LogP contribution in [-0.2, 0) is 11.2 Å². The third kappa shape index (κ3) is 3.58. The molecule has 5 nitrogen and oxygen atoms in total. The smallest absolute Gasteiger partial charge is 0.356 e. The molecule has 0 saturated heterocycles. The number of fused-ring (bicyclic) bond motifs is 1. The van der Waals surface area contributed by atoms with Crippen molar-refractivity contribution in [3.63, 3.8) is 0 Å². The molecule has 0 radical (unpaired) electrons. The maximum atomic E-state index is 12.0. The molecule has 0 spiro atoms. The number of carbonyl (C=O) groups is 1. The van der Waals surface area contributed by atoms with Crippen molar-refractivity contribution < 1.29 is 14.3 Å². The molecule has 1 N–H and O–H groups in total. The molecule has 0 aliphatic rings. The highest BCUT2D eigenvalue weighted by atomic mass is 35.5. The normalized spacial score (nSPS) is 10.6. The number of esters is 1. The average Bonchev–Trinajstić information content (AvgIpc) is 2.67. The first kappa shape index (κ1) is 18.0. The van der Waals surface area contributed by atoms with Crippen LogP contribution in [0.25, 0.3) is 10.9 Å². The number of ether oxygens (including phenoxy) is 2. The van der Waals surface area contributed by atoms with Crippen molar-refractivity contribution >= 4 is 39.8 Å². The van der Waals surface area contributed by atoms with E-state index in [-0.39, 0.29) is 5.69 Å². The molecule has 2 aromatic carbocycles. The number of methoxy groups -OCH3 is 2. The van der Waals surface area contributed by atoms with E-state index < -0.39 is 5.97 Å². The first-order valence-electron chi connectivity index (χ1n) is 8.18. The maximum Gasteiger partial charge on any atom is 0.356 e. The van der Waals surface area contributed by atoms with Gasteiger partial charge >= 0.3 is 5.97 Å². The van der Waals surface area contributed by atoms with E-state index in [0.29, 0.717) is 16.3 Å². The van der Waals surface area contributed by atoms with Gasteiger partial charge in [-0.05, 0) is 48.4 Å². The number of hydrogen-bond donors (Lipinski definition) is 1. The fraction of sp³-hybridized carbons (Fsp3) is 0.200. The van der Waals surface area contributed by atoms with Gasteiger partial charge in [-0.3, -0.25) is 0 Å². The Morgan fingerprint density at radius 1 is 1.15 bits per heavy atom. The molecular weight excluding hydrogens is 352 g/mol. The van der Waals surface area contributed by atoms with E-state index in [1.165, 1.54) is 12.7 Å². The zero-order chi connectivity index (χ0) is 18.7. The van der Waals surface area contributed by atoms with Crippen LogP contribution in [0.4, 0.5) is 11.4 Å². The molecule has 0 unspecified atom stereocenters. The van der Waals surface area contributed by atoms with Gasteiger partial charge in [0.05, 0.1) is 30.4 Å². The summed E-state index contributed by atoms with van der Waals surface area (Å²) < 4.78 is 10.0. The molecule has 0 bridgehead atoms. The number of carbonyl (C=O) groups excluding carboxylic acids is 1. The number of benzene rings is 2. The van der Waals surface area contributed by atoms with Crippen LogP contribution in [0.3, 0.4) is 0 Å². The molecule has 3 rings (SSSR count). The summed E-state index contributed by atoms with van der Waals surface area (Å²) in [4.78, 5) is 16.4.